The number of amides is 2. The zero-order valence-electron chi connectivity index (χ0n) is 15.5. The number of hydrogen-bond donors (Lipinski definition) is 2. The van der Waals surface area contributed by atoms with Crippen molar-refractivity contribution >= 4 is 17.4 Å². The molecule has 1 heterocycles. The van der Waals surface area contributed by atoms with Crippen LogP contribution in [0.5, 0.6) is 0 Å². The van der Waals surface area contributed by atoms with Gasteiger partial charge in [0.2, 0.25) is 0 Å². The molecule has 0 radical (unpaired) electrons. The molecule has 0 saturated carbocycles. The van der Waals surface area contributed by atoms with Gasteiger partial charge in [0.25, 0.3) is 0 Å². The Morgan fingerprint density at radius 2 is 1.67 bits per heavy atom. The average molecular weight is 332 g/mol. The number of nitrogens with zero attached hydrogens (tertiary/aromatic N) is 2. The Morgan fingerprint density at radius 1 is 1.04 bits per heavy atom. The van der Waals surface area contributed by atoms with E-state index in [4.69, 9.17) is 0 Å². The van der Waals surface area contributed by atoms with E-state index in [9.17, 15) is 4.79 Å². The van der Waals surface area contributed by atoms with Crippen LogP contribution in [0.15, 0.2) is 24.3 Å². The summed E-state index contributed by atoms with van der Waals surface area (Å²) in [6.07, 6.45) is 0.995. The SMILES string of the molecule is CC(C)CCNC(=O)Nc1ccc(N2CCN(C(C)C)CC2)cc1. The first-order valence-electron chi connectivity index (χ1n) is 9.09. The average Bonchev–Trinajstić information content (AvgIpc) is 2.55. The second kappa shape index (κ2) is 8.92. The number of urea groups is 1. The molecule has 1 fully saturated rings. The van der Waals surface area contributed by atoms with Gasteiger partial charge in [-0.1, -0.05) is 13.8 Å². The van der Waals surface area contributed by atoms with Gasteiger partial charge in [0.05, 0.1) is 0 Å². The van der Waals surface area contributed by atoms with Crippen LogP contribution < -0.4 is 15.5 Å². The van der Waals surface area contributed by atoms with Crippen molar-refractivity contribution in [2.45, 2.75) is 40.2 Å². The number of anilines is 2. The zero-order chi connectivity index (χ0) is 17.5. The first-order chi connectivity index (χ1) is 11.5. The van der Waals surface area contributed by atoms with Crippen LogP contribution in [0.4, 0.5) is 16.2 Å². The fraction of sp³-hybridized carbons (Fsp3) is 0.632. The lowest BCUT2D eigenvalue weighted by Crippen LogP contribution is -2.48. The van der Waals surface area contributed by atoms with Gasteiger partial charge in [-0.15, -0.1) is 0 Å². The van der Waals surface area contributed by atoms with E-state index in [1.54, 1.807) is 0 Å². The van der Waals surface area contributed by atoms with Crippen molar-refractivity contribution in [3.63, 3.8) is 0 Å². The lowest BCUT2D eigenvalue weighted by Gasteiger charge is -2.38. The number of carbonyl (C=O) groups is 1. The molecule has 1 aliphatic rings. The monoisotopic (exact) mass is 332 g/mol. The van der Waals surface area contributed by atoms with Crippen molar-refractivity contribution in [3.05, 3.63) is 24.3 Å². The number of hydrogen-bond acceptors (Lipinski definition) is 3. The predicted molar refractivity (Wildman–Crippen MR) is 102 cm³/mol. The normalized spacial score (nSPS) is 15.8. The number of piperazine rings is 1. The molecule has 0 aliphatic carbocycles. The zero-order valence-corrected chi connectivity index (χ0v) is 15.5. The van der Waals surface area contributed by atoms with Crippen LogP contribution >= 0.6 is 0 Å². The molecular weight excluding hydrogens is 300 g/mol. The van der Waals surface area contributed by atoms with Crippen LogP contribution in [0.3, 0.4) is 0 Å². The van der Waals surface area contributed by atoms with Crippen LogP contribution in [-0.2, 0) is 0 Å². The fourth-order valence-electron chi connectivity index (χ4n) is 2.90. The molecule has 1 saturated heterocycles. The Bertz CT molecular complexity index is 505. The lowest BCUT2D eigenvalue weighted by molar-refractivity contribution is 0.209. The second-order valence-electron chi connectivity index (χ2n) is 7.23. The lowest BCUT2D eigenvalue weighted by atomic mass is 10.1. The standard InChI is InChI=1S/C19H32N4O/c1-15(2)9-10-20-19(24)21-17-5-7-18(8-6-17)23-13-11-22(12-14-23)16(3)4/h5-8,15-16H,9-14H2,1-4H3,(H2,20,21,24). The number of benzene rings is 1. The van der Waals surface area contributed by atoms with E-state index in [0.717, 1.165) is 38.3 Å². The molecule has 0 unspecified atom stereocenters. The van der Waals surface area contributed by atoms with Gasteiger partial charge in [0, 0.05) is 50.1 Å². The first kappa shape index (κ1) is 18.6. The molecule has 5 nitrogen and oxygen atoms in total. The molecule has 0 bridgehead atoms. The third kappa shape index (κ3) is 5.71. The van der Waals surface area contributed by atoms with Gasteiger partial charge in [0.15, 0.2) is 0 Å². The van der Waals surface area contributed by atoms with Gasteiger partial charge in [-0.25, -0.2) is 4.79 Å². The third-order valence-electron chi connectivity index (χ3n) is 4.54. The summed E-state index contributed by atoms with van der Waals surface area (Å²) in [5.74, 6) is 0.598. The number of rotatable bonds is 6. The maximum Gasteiger partial charge on any atom is 0.319 e. The molecule has 1 aromatic carbocycles. The Balaban J connectivity index is 1.80. The Hall–Kier alpha value is -1.75. The van der Waals surface area contributed by atoms with E-state index in [2.05, 4.69) is 60.3 Å². The van der Waals surface area contributed by atoms with Crippen LogP contribution in [-0.4, -0.2) is 49.7 Å². The van der Waals surface area contributed by atoms with Crippen molar-refractivity contribution in [1.29, 1.82) is 0 Å². The maximum atomic E-state index is 11.8. The molecule has 2 amide bonds. The van der Waals surface area contributed by atoms with Crippen LogP contribution in [0.2, 0.25) is 0 Å². The minimum atomic E-state index is -0.131. The Kier molecular flexibility index (Phi) is 6.91. The quantitative estimate of drug-likeness (QED) is 0.839. The molecule has 24 heavy (non-hydrogen) atoms. The summed E-state index contributed by atoms with van der Waals surface area (Å²) < 4.78 is 0. The minimum Gasteiger partial charge on any atom is -0.369 e. The van der Waals surface area contributed by atoms with Crippen LogP contribution in [0.25, 0.3) is 0 Å². The number of carbonyl (C=O) groups excluding carboxylic acids is 1. The van der Waals surface area contributed by atoms with Crippen molar-refractivity contribution in [3.8, 4) is 0 Å². The highest BCUT2D eigenvalue weighted by Gasteiger charge is 2.18. The Labute approximate surface area is 146 Å². The molecule has 2 N–H and O–H groups in total. The highest BCUT2D eigenvalue weighted by molar-refractivity contribution is 5.89. The van der Waals surface area contributed by atoms with E-state index in [-0.39, 0.29) is 6.03 Å². The van der Waals surface area contributed by atoms with Gasteiger partial charge in [-0.05, 0) is 50.5 Å². The predicted octanol–water partition coefficient (Wildman–Crippen LogP) is 3.38. The van der Waals surface area contributed by atoms with E-state index in [1.165, 1.54) is 5.69 Å². The smallest absolute Gasteiger partial charge is 0.319 e. The molecule has 0 atom stereocenters. The van der Waals surface area contributed by atoms with E-state index < -0.39 is 0 Å². The second-order valence-corrected chi connectivity index (χ2v) is 7.23. The van der Waals surface area contributed by atoms with E-state index in [1.807, 2.05) is 12.1 Å². The molecule has 134 valence electrons. The van der Waals surface area contributed by atoms with Gasteiger partial charge >= 0.3 is 6.03 Å². The summed E-state index contributed by atoms with van der Waals surface area (Å²) in [7, 11) is 0. The molecule has 1 aliphatic heterocycles. The minimum absolute atomic E-state index is 0.131. The van der Waals surface area contributed by atoms with Crippen molar-refractivity contribution in [2.75, 3.05) is 42.9 Å². The molecule has 5 heteroatoms. The van der Waals surface area contributed by atoms with E-state index in [0.29, 0.717) is 18.5 Å². The fourth-order valence-corrected chi connectivity index (χ4v) is 2.90. The molecule has 2 rings (SSSR count). The van der Waals surface area contributed by atoms with Gasteiger partial charge in [-0.2, -0.15) is 0 Å². The number of nitrogens with one attached hydrogen (secondary N) is 2. The van der Waals surface area contributed by atoms with Crippen molar-refractivity contribution in [1.82, 2.24) is 10.2 Å². The maximum absolute atomic E-state index is 11.8. The largest absolute Gasteiger partial charge is 0.369 e. The van der Waals surface area contributed by atoms with Gasteiger partial charge < -0.3 is 15.5 Å². The van der Waals surface area contributed by atoms with E-state index >= 15 is 0 Å². The highest BCUT2D eigenvalue weighted by atomic mass is 16.2. The summed E-state index contributed by atoms with van der Waals surface area (Å²) in [6.45, 7) is 13.8. The summed E-state index contributed by atoms with van der Waals surface area (Å²) in [5, 5.41) is 5.78. The molecular formula is C19H32N4O. The molecule has 0 aromatic heterocycles. The van der Waals surface area contributed by atoms with Gasteiger partial charge in [0.1, 0.15) is 0 Å². The van der Waals surface area contributed by atoms with Crippen LogP contribution in [0.1, 0.15) is 34.1 Å². The van der Waals surface area contributed by atoms with Crippen molar-refractivity contribution in [2.24, 2.45) is 5.92 Å². The van der Waals surface area contributed by atoms with Crippen LogP contribution in [0, 0.1) is 5.92 Å². The summed E-state index contributed by atoms with van der Waals surface area (Å²) in [6, 6.07) is 8.63. The summed E-state index contributed by atoms with van der Waals surface area (Å²) >= 11 is 0. The van der Waals surface area contributed by atoms with Gasteiger partial charge in [-0.3, -0.25) is 4.90 Å². The third-order valence-corrected chi connectivity index (χ3v) is 4.54. The topological polar surface area (TPSA) is 47.6 Å². The summed E-state index contributed by atoms with van der Waals surface area (Å²) in [5.41, 5.74) is 2.06. The molecule has 1 aromatic rings. The molecule has 0 spiro atoms. The Morgan fingerprint density at radius 3 is 2.21 bits per heavy atom. The van der Waals surface area contributed by atoms with Crippen molar-refractivity contribution < 1.29 is 4.79 Å². The summed E-state index contributed by atoms with van der Waals surface area (Å²) in [4.78, 5) is 16.8. The first-order valence-corrected chi connectivity index (χ1v) is 9.09. The highest BCUT2D eigenvalue weighted by Crippen LogP contribution is 2.20.